The first-order chi connectivity index (χ1) is 8.86. The fourth-order valence-corrected chi connectivity index (χ4v) is 2.38. The monoisotopic (exact) mass is 269 g/mol. The molecule has 0 unspecified atom stereocenters. The van der Waals surface area contributed by atoms with Crippen LogP contribution in [-0.4, -0.2) is 29.2 Å². The largest absolute Gasteiger partial charge is 0.375 e. The Hall–Kier alpha value is -0.710. The topological polar surface area (TPSA) is 47.0 Å². The second-order valence-electron chi connectivity index (χ2n) is 4.64. The Kier molecular flexibility index (Phi) is 5.84. The molecule has 1 N–H and O–H groups in total. The summed E-state index contributed by atoms with van der Waals surface area (Å²) in [6.45, 7) is 2.37. The number of hydrogen-bond donors (Lipinski definition) is 1. The second kappa shape index (κ2) is 7.67. The van der Waals surface area contributed by atoms with E-state index in [-0.39, 0.29) is 0 Å². The lowest BCUT2D eigenvalue weighted by atomic mass is 10.0. The maximum absolute atomic E-state index is 5.90. The molecule has 1 aromatic heterocycles. The van der Waals surface area contributed by atoms with Crippen molar-refractivity contribution in [3.05, 3.63) is 23.2 Å². The first-order valence-corrected chi connectivity index (χ1v) is 7.00. The van der Waals surface area contributed by atoms with E-state index in [1.165, 1.54) is 32.2 Å². The van der Waals surface area contributed by atoms with Crippen LogP contribution in [0.2, 0.25) is 5.15 Å². The summed E-state index contributed by atoms with van der Waals surface area (Å²) in [5.74, 6) is 0. The Labute approximate surface area is 113 Å². The smallest absolute Gasteiger partial charge is 0.152 e. The van der Waals surface area contributed by atoms with E-state index in [2.05, 4.69) is 15.3 Å². The zero-order valence-electron chi connectivity index (χ0n) is 10.6. The van der Waals surface area contributed by atoms with Crippen molar-refractivity contribution < 1.29 is 4.74 Å². The molecular weight excluding hydrogens is 250 g/mol. The van der Waals surface area contributed by atoms with Crippen LogP contribution in [0.25, 0.3) is 0 Å². The Morgan fingerprint density at radius 2 is 2.22 bits per heavy atom. The lowest BCUT2D eigenvalue weighted by Gasteiger charge is -2.23. The summed E-state index contributed by atoms with van der Waals surface area (Å²) in [6, 6.07) is 0.683. The molecule has 100 valence electrons. The van der Waals surface area contributed by atoms with Crippen molar-refractivity contribution in [2.45, 2.75) is 44.8 Å². The minimum absolute atomic E-state index is 0.437. The molecule has 0 aromatic carbocycles. The highest BCUT2D eigenvalue weighted by Crippen LogP contribution is 2.13. The minimum atomic E-state index is 0.437. The first-order valence-electron chi connectivity index (χ1n) is 6.63. The van der Waals surface area contributed by atoms with E-state index in [1.54, 1.807) is 12.4 Å². The van der Waals surface area contributed by atoms with E-state index in [0.717, 1.165) is 18.7 Å². The summed E-state index contributed by atoms with van der Waals surface area (Å²) in [7, 11) is 0. The van der Waals surface area contributed by atoms with Crippen LogP contribution in [0, 0.1) is 0 Å². The van der Waals surface area contributed by atoms with E-state index in [4.69, 9.17) is 16.3 Å². The van der Waals surface area contributed by atoms with Gasteiger partial charge in [-0.05, 0) is 32.2 Å². The highest BCUT2D eigenvalue weighted by atomic mass is 35.5. The highest BCUT2D eigenvalue weighted by Gasteiger charge is 2.11. The highest BCUT2D eigenvalue weighted by molar-refractivity contribution is 6.29. The molecule has 0 aliphatic carbocycles. The van der Waals surface area contributed by atoms with Gasteiger partial charge in [0, 0.05) is 25.0 Å². The van der Waals surface area contributed by atoms with Crippen molar-refractivity contribution in [3.8, 4) is 0 Å². The molecule has 0 spiro atoms. The van der Waals surface area contributed by atoms with Gasteiger partial charge in [-0.1, -0.05) is 18.0 Å². The van der Waals surface area contributed by atoms with Crippen LogP contribution in [-0.2, 0) is 11.3 Å². The van der Waals surface area contributed by atoms with Crippen LogP contribution in [0.1, 0.15) is 37.8 Å². The second-order valence-corrected chi connectivity index (χ2v) is 4.99. The molecule has 1 aliphatic rings. The van der Waals surface area contributed by atoms with Crippen LogP contribution in [0.15, 0.2) is 12.4 Å². The van der Waals surface area contributed by atoms with Crippen LogP contribution in [0.3, 0.4) is 0 Å². The molecule has 4 nitrogen and oxygen atoms in total. The van der Waals surface area contributed by atoms with Gasteiger partial charge in [0.1, 0.15) is 5.69 Å². The summed E-state index contributed by atoms with van der Waals surface area (Å²) in [5.41, 5.74) is 0.718. The molecule has 1 saturated heterocycles. The Bertz CT molecular complexity index is 356. The molecule has 1 aliphatic heterocycles. The van der Waals surface area contributed by atoms with Crippen molar-refractivity contribution in [1.82, 2.24) is 15.3 Å². The van der Waals surface area contributed by atoms with Crippen molar-refractivity contribution >= 4 is 11.6 Å². The maximum Gasteiger partial charge on any atom is 0.152 e. The third-order valence-electron chi connectivity index (χ3n) is 3.22. The third-order valence-corrected chi connectivity index (χ3v) is 3.53. The number of rotatable bonds is 6. The molecule has 2 rings (SSSR count). The zero-order valence-corrected chi connectivity index (χ0v) is 11.3. The molecule has 1 fully saturated rings. The molecule has 5 heteroatoms. The number of nitrogens with one attached hydrogen (secondary N) is 1. The normalized spacial score (nSPS) is 19.9. The van der Waals surface area contributed by atoms with E-state index in [0.29, 0.717) is 17.8 Å². The van der Waals surface area contributed by atoms with Gasteiger partial charge < -0.3 is 10.1 Å². The molecule has 0 radical (unpaired) electrons. The van der Waals surface area contributed by atoms with Gasteiger partial charge in [0.25, 0.3) is 0 Å². The fourth-order valence-electron chi connectivity index (χ4n) is 2.22. The van der Waals surface area contributed by atoms with E-state index < -0.39 is 0 Å². The number of nitrogens with zero attached hydrogens (tertiary/aromatic N) is 2. The van der Waals surface area contributed by atoms with E-state index >= 15 is 0 Å². The average Bonchev–Trinajstić information content (AvgIpc) is 2.42. The van der Waals surface area contributed by atoms with Gasteiger partial charge in [-0.3, -0.25) is 4.98 Å². The lowest BCUT2D eigenvalue weighted by molar-refractivity contribution is 0.111. The number of piperidine rings is 1. The van der Waals surface area contributed by atoms with E-state index in [9.17, 15) is 0 Å². The Balaban J connectivity index is 1.57. The predicted molar refractivity (Wildman–Crippen MR) is 71.6 cm³/mol. The summed E-state index contributed by atoms with van der Waals surface area (Å²) < 4.78 is 5.58. The van der Waals surface area contributed by atoms with Gasteiger partial charge in [-0.25, -0.2) is 4.98 Å². The molecule has 1 aromatic rings. The molecule has 0 bridgehead atoms. The quantitative estimate of drug-likeness (QED) is 0.807. The molecule has 2 heterocycles. The first kappa shape index (κ1) is 13.7. The molecule has 1 atom stereocenters. The van der Waals surface area contributed by atoms with Crippen LogP contribution in [0.5, 0.6) is 0 Å². The maximum atomic E-state index is 5.90. The fraction of sp³-hybridized carbons (Fsp3) is 0.692. The van der Waals surface area contributed by atoms with Crippen molar-refractivity contribution in [3.63, 3.8) is 0 Å². The summed E-state index contributed by atoms with van der Waals surface area (Å²) in [5, 5.41) is 3.97. The average molecular weight is 270 g/mol. The lowest BCUT2D eigenvalue weighted by Crippen LogP contribution is -2.33. The Morgan fingerprint density at radius 3 is 3.00 bits per heavy atom. The van der Waals surface area contributed by atoms with E-state index in [1.807, 2.05) is 0 Å². The SMILES string of the molecule is Clc1nccnc1COCCC[C@H]1CCCCN1. The van der Waals surface area contributed by atoms with Crippen molar-refractivity contribution in [2.24, 2.45) is 0 Å². The zero-order chi connectivity index (χ0) is 12.6. The van der Waals surface area contributed by atoms with Crippen LogP contribution < -0.4 is 5.32 Å². The number of ether oxygens (including phenoxy) is 1. The summed E-state index contributed by atoms with van der Waals surface area (Å²) in [4.78, 5) is 8.10. The molecule has 0 saturated carbocycles. The van der Waals surface area contributed by atoms with Crippen molar-refractivity contribution in [2.75, 3.05) is 13.2 Å². The summed E-state index contributed by atoms with van der Waals surface area (Å²) in [6.07, 6.45) is 9.46. The van der Waals surface area contributed by atoms with Crippen LogP contribution >= 0.6 is 11.6 Å². The molecular formula is C13H20ClN3O. The van der Waals surface area contributed by atoms with Gasteiger partial charge in [0.2, 0.25) is 0 Å². The van der Waals surface area contributed by atoms with Gasteiger partial charge in [0.05, 0.1) is 6.61 Å². The number of hydrogen-bond acceptors (Lipinski definition) is 4. The van der Waals surface area contributed by atoms with Gasteiger partial charge in [-0.15, -0.1) is 0 Å². The predicted octanol–water partition coefficient (Wildman–Crippen LogP) is 2.57. The minimum Gasteiger partial charge on any atom is -0.375 e. The molecule has 18 heavy (non-hydrogen) atoms. The Morgan fingerprint density at radius 1 is 1.33 bits per heavy atom. The van der Waals surface area contributed by atoms with Gasteiger partial charge in [-0.2, -0.15) is 0 Å². The van der Waals surface area contributed by atoms with Crippen molar-refractivity contribution in [1.29, 1.82) is 0 Å². The van der Waals surface area contributed by atoms with Gasteiger partial charge >= 0.3 is 0 Å². The summed E-state index contributed by atoms with van der Waals surface area (Å²) >= 11 is 5.90. The molecule has 0 amide bonds. The number of aromatic nitrogens is 2. The third kappa shape index (κ3) is 4.52. The standard InChI is InChI=1S/C13H20ClN3O/c14-13-12(16-7-8-17-13)10-18-9-3-5-11-4-1-2-6-15-11/h7-8,11,15H,1-6,9-10H2/t11-/m1/s1. The van der Waals surface area contributed by atoms with Gasteiger partial charge in [0.15, 0.2) is 5.15 Å². The van der Waals surface area contributed by atoms with Crippen LogP contribution in [0.4, 0.5) is 0 Å². The number of halogens is 1.